The average Bonchev–Trinajstić information content (AvgIpc) is 2.52. The molecule has 7 heteroatoms. The number of halogens is 3. The van der Waals surface area contributed by atoms with Crippen LogP contribution in [-0.2, 0) is 0 Å². The monoisotopic (exact) mass is 304 g/mol. The molecule has 1 unspecified atom stereocenters. The van der Waals surface area contributed by atoms with Crippen LogP contribution in [0.15, 0.2) is 70.8 Å². The average molecular weight is 304 g/mol. The highest BCUT2D eigenvalue weighted by atomic mass is 19.4. The number of hydrogen-bond acceptors (Lipinski definition) is 2. The predicted octanol–water partition coefficient (Wildman–Crippen LogP) is 4.72. The van der Waals surface area contributed by atoms with E-state index in [2.05, 4.69) is 15.0 Å². The van der Waals surface area contributed by atoms with Gasteiger partial charge in [-0.3, -0.25) is 4.99 Å². The SMILES string of the molecule is [N-]=[N+]=NC(N=C(c1ccccc1)c1ccccc1)C(F)(F)F. The van der Waals surface area contributed by atoms with E-state index in [1.54, 1.807) is 60.7 Å². The summed E-state index contributed by atoms with van der Waals surface area (Å²) >= 11 is 0. The smallest absolute Gasteiger partial charge is 0.265 e. The van der Waals surface area contributed by atoms with Gasteiger partial charge in [-0.1, -0.05) is 65.8 Å². The summed E-state index contributed by atoms with van der Waals surface area (Å²) in [4.78, 5) is 5.89. The maximum atomic E-state index is 12.9. The first-order valence-corrected chi connectivity index (χ1v) is 6.32. The molecule has 0 fully saturated rings. The lowest BCUT2D eigenvalue weighted by atomic mass is 10.0. The minimum atomic E-state index is -4.75. The molecule has 1 atom stereocenters. The van der Waals surface area contributed by atoms with E-state index in [9.17, 15) is 13.2 Å². The normalized spacial score (nSPS) is 12.1. The molecule has 22 heavy (non-hydrogen) atoms. The van der Waals surface area contributed by atoms with Gasteiger partial charge in [-0.05, 0) is 5.53 Å². The van der Waals surface area contributed by atoms with Crippen LogP contribution in [0.25, 0.3) is 10.4 Å². The van der Waals surface area contributed by atoms with Gasteiger partial charge in [0.25, 0.3) is 0 Å². The maximum Gasteiger partial charge on any atom is 0.416 e. The van der Waals surface area contributed by atoms with Crippen molar-refractivity contribution in [3.63, 3.8) is 0 Å². The van der Waals surface area contributed by atoms with Crippen molar-refractivity contribution in [2.24, 2.45) is 10.1 Å². The largest absolute Gasteiger partial charge is 0.416 e. The molecule has 0 bridgehead atoms. The van der Waals surface area contributed by atoms with E-state index in [0.29, 0.717) is 11.1 Å². The van der Waals surface area contributed by atoms with Crippen molar-refractivity contribution >= 4 is 5.71 Å². The topological polar surface area (TPSA) is 61.1 Å². The summed E-state index contributed by atoms with van der Waals surface area (Å²) in [5.41, 5.74) is 9.48. The van der Waals surface area contributed by atoms with Gasteiger partial charge in [0.05, 0.1) is 5.71 Å². The Kier molecular flexibility index (Phi) is 4.80. The Hall–Kier alpha value is -2.79. The quantitative estimate of drug-likeness (QED) is 0.339. The van der Waals surface area contributed by atoms with E-state index < -0.39 is 12.3 Å². The van der Waals surface area contributed by atoms with Crippen molar-refractivity contribution < 1.29 is 13.2 Å². The fourth-order valence-electron chi connectivity index (χ4n) is 1.84. The van der Waals surface area contributed by atoms with Crippen molar-refractivity contribution in [3.8, 4) is 0 Å². The summed E-state index contributed by atoms with van der Waals surface area (Å²) in [5, 5.41) is 2.75. The van der Waals surface area contributed by atoms with E-state index in [1.807, 2.05) is 0 Å². The van der Waals surface area contributed by atoms with Crippen LogP contribution in [0.3, 0.4) is 0 Å². The first-order chi connectivity index (χ1) is 10.5. The summed E-state index contributed by atoms with van der Waals surface area (Å²) in [6, 6.07) is 16.9. The third kappa shape index (κ3) is 3.86. The Morgan fingerprint density at radius 1 is 0.909 bits per heavy atom. The Bertz CT molecular complexity index is 648. The molecular formula is C15H11F3N4. The lowest BCUT2D eigenvalue weighted by Crippen LogP contribution is -2.26. The lowest BCUT2D eigenvalue weighted by molar-refractivity contribution is -0.145. The molecule has 2 aromatic rings. The maximum absolute atomic E-state index is 12.9. The van der Waals surface area contributed by atoms with Crippen molar-refractivity contribution in [1.29, 1.82) is 0 Å². The molecule has 0 amide bonds. The molecule has 0 aliphatic rings. The first kappa shape index (κ1) is 15.6. The van der Waals surface area contributed by atoms with E-state index in [4.69, 9.17) is 5.53 Å². The van der Waals surface area contributed by atoms with Gasteiger partial charge < -0.3 is 0 Å². The summed E-state index contributed by atoms with van der Waals surface area (Å²) < 4.78 is 38.8. The van der Waals surface area contributed by atoms with E-state index in [-0.39, 0.29) is 5.71 Å². The van der Waals surface area contributed by atoms with Gasteiger partial charge in [-0.15, -0.1) is 0 Å². The molecule has 0 saturated carbocycles. The molecule has 0 aliphatic carbocycles. The fraction of sp³-hybridized carbons (Fsp3) is 0.133. The first-order valence-electron chi connectivity index (χ1n) is 6.32. The molecule has 2 aromatic carbocycles. The lowest BCUT2D eigenvalue weighted by Gasteiger charge is -2.14. The van der Waals surface area contributed by atoms with Crippen LogP contribution in [0.4, 0.5) is 13.2 Å². The minimum Gasteiger partial charge on any atom is -0.265 e. The van der Waals surface area contributed by atoms with Gasteiger partial charge in [0.15, 0.2) is 0 Å². The third-order valence-electron chi connectivity index (χ3n) is 2.80. The molecule has 0 aliphatic heterocycles. The van der Waals surface area contributed by atoms with Gasteiger partial charge in [-0.2, -0.15) is 13.2 Å². The molecule has 0 radical (unpaired) electrons. The second-order valence-corrected chi connectivity index (χ2v) is 4.33. The number of nitrogens with zero attached hydrogens (tertiary/aromatic N) is 4. The molecule has 0 heterocycles. The molecule has 0 aromatic heterocycles. The number of aliphatic imine (C=N–C) groups is 1. The zero-order valence-corrected chi connectivity index (χ0v) is 11.3. The van der Waals surface area contributed by atoms with Crippen LogP contribution in [0, 0.1) is 0 Å². The highest BCUT2D eigenvalue weighted by Crippen LogP contribution is 2.26. The fourth-order valence-corrected chi connectivity index (χ4v) is 1.84. The summed E-state index contributed by atoms with van der Waals surface area (Å²) in [6.45, 7) is 0. The van der Waals surface area contributed by atoms with Crippen LogP contribution < -0.4 is 0 Å². The zero-order chi connectivity index (χ0) is 16.0. The molecule has 0 saturated heterocycles. The Morgan fingerprint density at radius 2 is 1.36 bits per heavy atom. The predicted molar refractivity (Wildman–Crippen MR) is 77.5 cm³/mol. The van der Waals surface area contributed by atoms with Crippen molar-refractivity contribution in [1.82, 2.24) is 0 Å². The zero-order valence-electron chi connectivity index (χ0n) is 11.3. The number of benzene rings is 2. The van der Waals surface area contributed by atoms with Crippen LogP contribution >= 0.6 is 0 Å². The molecule has 2 rings (SSSR count). The number of rotatable bonds is 4. The van der Waals surface area contributed by atoms with Crippen LogP contribution in [0.5, 0.6) is 0 Å². The molecule has 0 spiro atoms. The molecular weight excluding hydrogens is 293 g/mol. The van der Waals surface area contributed by atoms with Crippen LogP contribution in [-0.4, -0.2) is 18.1 Å². The van der Waals surface area contributed by atoms with Gasteiger partial charge in [0.1, 0.15) is 0 Å². The van der Waals surface area contributed by atoms with Crippen molar-refractivity contribution in [2.75, 3.05) is 0 Å². The van der Waals surface area contributed by atoms with E-state index in [1.165, 1.54) is 0 Å². The number of alkyl halides is 3. The van der Waals surface area contributed by atoms with Gasteiger partial charge in [-0.25, -0.2) is 0 Å². The molecule has 0 N–H and O–H groups in total. The summed E-state index contributed by atoms with van der Waals surface area (Å²) in [6.07, 6.45) is -7.21. The second kappa shape index (κ2) is 6.78. The molecule has 4 nitrogen and oxygen atoms in total. The van der Waals surface area contributed by atoms with Crippen LogP contribution in [0.1, 0.15) is 11.1 Å². The van der Waals surface area contributed by atoms with Crippen molar-refractivity contribution in [2.45, 2.75) is 12.3 Å². The number of azide groups is 1. The Labute approximate surface area is 124 Å². The standard InChI is InChI=1S/C15H11F3N4/c16-15(17,18)14(21-22-19)20-13(11-7-3-1-4-8-11)12-9-5-2-6-10-12/h1-10,14H. The summed E-state index contributed by atoms with van der Waals surface area (Å²) in [7, 11) is 0. The highest BCUT2D eigenvalue weighted by molar-refractivity contribution is 6.12. The van der Waals surface area contributed by atoms with Crippen molar-refractivity contribution in [3.05, 3.63) is 82.2 Å². The third-order valence-corrected chi connectivity index (χ3v) is 2.80. The molecule has 112 valence electrons. The minimum absolute atomic E-state index is 0.121. The van der Waals surface area contributed by atoms with Gasteiger partial charge in [0.2, 0.25) is 6.17 Å². The summed E-state index contributed by atoms with van der Waals surface area (Å²) in [5.74, 6) is 0. The Morgan fingerprint density at radius 3 is 1.73 bits per heavy atom. The Balaban J connectivity index is 2.58. The van der Waals surface area contributed by atoms with E-state index >= 15 is 0 Å². The van der Waals surface area contributed by atoms with Gasteiger partial charge >= 0.3 is 6.18 Å². The highest BCUT2D eigenvalue weighted by Gasteiger charge is 2.39. The van der Waals surface area contributed by atoms with Crippen LogP contribution in [0.2, 0.25) is 0 Å². The number of hydrogen-bond donors (Lipinski definition) is 0. The van der Waals surface area contributed by atoms with Gasteiger partial charge in [0, 0.05) is 16.0 Å². The van der Waals surface area contributed by atoms with E-state index in [0.717, 1.165) is 0 Å². The second-order valence-electron chi connectivity index (χ2n) is 4.33.